The first-order valence-electron chi connectivity index (χ1n) is 12.8. The van der Waals surface area contributed by atoms with Crippen molar-refractivity contribution in [3.05, 3.63) is 92.2 Å². The lowest BCUT2D eigenvalue weighted by Crippen LogP contribution is -2.46. The Morgan fingerprint density at radius 1 is 0.878 bits per heavy atom. The number of nitrogens with zero attached hydrogens (tertiary/aromatic N) is 1. The van der Waals surface area contributed by atoms with E-state index in [1.165, 1.54) is 29.2 Å². The van der Waals surface area contributed by atoms with Crippen LogP contribution in [0.3, 0.4) is 0 Å². The average Bonchev–Trinajstić information content (AvgIpc) is 2.89. The molecule has 3 amide bonds. The van der Waals surface area contributed by atoms with E-state index in [4.69, 9.17) is 39.5 Å². The number of benzene rings is 3. The van der Waals surface area contributed by atoms with E-state index in [9.17, 15) is 14.4 Å². The van der Waals surface area contributed by atoms with Gasteiger partial charge in [0.1, 0.15) is 11.6 Å². The largest absolute Gasteiger partial charge is 0.478 e. The first-order chi connectivity index (χ1) is 19.2. The van der Waals surface area contributed by atoms with E-state index in [1.807, 2.05) is 0 Å². The molecule has 7 nitrogen and oxygen atoms in total. The van der Waals surface area contributed by atoms with Crippen LogP contribution in [0.4, 0.5) is 10.1 Å². The summed E-state index contributed by atoms with van der Waals surface area (Å²) in [6.45, 7) is 3.26. The van der Waals surface area contributed by atoms with Crippen molar-refractivity contribution in [3.8, 4) is 5.75 Å². The number of halogens is 4. The quantitative estimate of drug-likeness (QED) is 0.330. The molecule has 0 spiro atoms. The normalized spacial score (nSPS) is 17.7. The summed E-state index contributed by atoms with van der Waals surface area (Å²) in [5.74, 6) is -2.13. The van der Waals surface area contributed by atoms with E-state index in [2.05, 4.69) is 10.6 Å². The highest BCUT2D eigenvalue weighted by Crippen LogP contribution is 2.39. The van der Waals surface area contributed by atoms with Gasteiger partial charge in [-0.15, -0.1) is 0 Å². The number of likely N-dealkylation sites (N-methyl/N-ethyl adjacent to an activating group) is 1. The monoisotopic (exact) mass is 619 g/mol. The Kier molecular flexibility index (Phi) is 9.16. The second-order valence-electron chi connectivity index (χ2n) is 10.5. The molecule has 0 saturated carbocycles. The van der Waals surface area contributed by atoms with Crippen molar-refractivity contribution >= 4 is 58.2 Å². The van der Waals surface area contributed by atoms with Crippen LogP contribution in [0.1, 0.15) is 55.3 Å². The van der Waals surface area contributed by atoms with Gasteiger partial charge in [0.25, 0.3) is 5.91 Å². The highest BCUT2D eigenvalue weighted by atomic mass is 35.5. The number of nitrogens with one attached hydrogen (secondary N) is 2. The van der Waals surface area contributed by atoms with Gasteiger partial charge in [-0.25, -0.2) is 4.39 Å². The van der Waals surface area contributed by atoms with Gasteiger partial charge in [-0.3, -0.25) is 14.4 Å². The van der Waals surface area contributed by atoms with Crippen LogP contribution in [0.2, 0.25) is 15.1 Å². The third kappa shape index (κ3) is 7.12. The van der Waals surface area contributed by atoms with Crippen molar-refractivity contribution in [2.45, 2.75) is 44.2 Å². The summed E-state index contributed by atoms with van der Waals surface area (Å²) in [4.78, 5) is 41.1. The standard InChI is InChI=1S/C30H29Cl3FN3O4/c1-30(2,29(40)37(3)4)41-25-10-7-18(32)13-21(25)16-11-26(38)35-24-15-19(33)5-8-20(24)28(36-27(39)12-16)22-14-17(31)6-9-23(22)34/h5-10,13-16,28H,11-12H2,1-4H3,(H,35,38)(H,36,39). The highest BCUT2D eigenvalue weighted by molar-refractivity contribution is 6.31. The number of hydrogen-bond acceptors (Lipinski definition) is 4. The average molecular weight is 621 g/mol. The van der Waals surface area contributed by atoms with Crippen LogP contribution in [-0.2, 0) is 14.4 Å². The number of rotatable bonds is 5. The van der Waals surface area contributed by atoms with Crippen molar-refractivity contribution < 1.29 is 23.5 Å². The molecule has 1 aliphatic heterocycles. The second-order valence-corrected chi connectivity index (χ2v) is 11.9. The Labute approximate surface area is 252 Å². The maximum absolute atomic E-state index is 15.1. The van der Waals surface area contributed by atoms with Crippen molar-refractivity contribution in [1.82, 2.24) is 10.2 Å². The number of carbonyl (C=O) groups excluding carboxylic acids is 3. The molecule has 1 heterocycles. The summed E-state index contributed by atoms with van der Waals surface area (Å²) < 4.78 is 21.2. The van der Waals surface area contributed by atoms with Gasteiger partial charge in [-0.1, -0.05) is 40.9 Å². The van der Waals surface area contributed by atoms with Gasteiger partial charge in [0.05, 0.1) is 6.04 Å². The predicted molar refractivity (Wildman–Crippen MR) is 158 cm³/mol. The Hall–Kier alpha value is -3.33. The van der Waals surface area contributed by atoms with Crippen LogP contribution in [0.15, 0.2) is 54.6 Å². The molecule has 3 aromatic rings. The minimum absolute atomic E-state index is 0.117. The number of amides is 3. The second kappa shape index (κ2) is 12.3. The molecule has 0 radical (unpaired) electrons. The van der Waals surface area contributed by atoms with Gasteiger partial charge in [0, 0.05) is 64.7 Å². The molecule has 0 aromatic heterocycles. The van der Waals surface area contributed by atoms with Crippen molar-refractivity contribution in [2.24, 2.45) is 0 Å². The zero-order valence-electron chi connectivity index (χ0n) is 22.9. The van der Waals surface area contributed by atoms with Crippen molar-refractivity contribution in [1.29, 1.82) is 0 Å². The third-order valence-corrected chi connectivity index (χ3v) is 7.44. The predicted octanol–water partition coefficient (Wildman–Crippen LogP) is 6.75. The first kappa shape index (κ1) is 30.6. The molecule has 2 unspecified atom stereocenters. The number of carbonyl (C=O) groups is 3. The molecule has 0 saturated heterocycles. The van der Waals surface area contributed by atoms with Gasteiger partial charge >= 0.3 is 0 Å². The molecule has 0 fully saturated rings. The van der Waals surface area contributed by atoms with Gasteiger partial charge in [-0.05, 0) is 67.9 Å². The molecule has 41 heavy (non-hydrogen) atoms. The molecule has 0 bridgehead atoms. The lowest BCUT2D eigenvalue weighted by Gasteiger charge is -2.31. The van der Waals surface area contributed by atoms with Crippen molar-refractivity contribution in [3.63, 3.8) is 0 Å². The van der Waals surface area contributed by atoms with Gasteiger partial charge < -0.3 is 20.3 Å². The van der Waals surface area contributed by atoms with Gasteiger partial charge in [0.15, 0.2) is 5.60 Å². The fraction of sp³-hybridized carbons (Fsp3) is 0.300. The maximum Gasteiger partial charge on any atom is 0.265 e. The molecule has 216 valence electrons. The highest BCUT2D eigenvalue weighted by Gasteiger charge is 2.34. The van der Waals surface area contributed by atoms with Crippen LogP contribution in [0.5, 0.6) is 5.75 Å². The Morgan fingerprint density at radius 2 is 1.46 bits per heavy atom. The van der Waals surface area contributed by atoms with E-state index in [1.54, 1.807) is 58.3 Å². The van der Waals surface area contributed by atoms with Crippen LogP contribution in [0, 0.1) is 5.82 Å². The van der Waals surface area contributed by atoms with E-state index >= 15 is 4.39 Å². The summed E-state index contributed by atoms with van der Waals surface area (Å²) in [7, 11) is 3.24. The summed E-state index contributed by atoms with van der Waals surface area (Å²) in [5, 5.41) is 6.76. The summed E-state index contributed by atoms with van der Waals surface area (Å²) in [6.07, 6.45) is -0.276. The molecule has 0 aliphatic carbocycles. The number of anilines is 1. The summed E-state index contributed by atoms with van der Waals surface area (Å²) in [6, 6.07) is 12.6. The first-order valence-corrected chi connectivity index (χ1v) is 13.9. The maximum atomic E-state index is 15.1. The molecular weight excluding hydrogens is 592 g/mol. The minimum Gasteiger partial charge on any atom is -0.478 e. The van der Waals surface area contributed by atoms with Crippen LogP contribution in [-0.4, -0.2) is 42.3 Å². The molecule has 11 heteroatoms. The molecule has 4 rings (SSSR count). The topological polar surface area (TPSA) is 87.7 Å². The molecule has 2 atom stereocenters. The summed E-state index contributed by atoms with van der Waals surface area (Å²) >= 11 is 18.8. The molecule has 3 aromatic carbocycles. The zero-order chi connectivity index (χ0) is 30.1. The fourth-order valence-corrected chi connectivity index (χ4v) is 5.43. The Balaban J connectivity index is 1.79. The summed E-state index contributed by atoms with van der Waals surface area (Å²) in [5.41, 5.74) is 0.0909. The van der Waals surface area contributed by atoms with Crippen LogP contribution < -0.4 is 15.4 Å². The van der Waals surface area contributed by atoms with Gasteiger partial charge in [-0.2, -0.15) is 0 Å². The van der Waals surface area contributed by atoms with E-state index in [0.717, 1.165) is 0 Å². The zero-order valence-corrected chi connectivity index (χ0v) is 25.1. The third-order valence-electron chi connectivity index (χ3n) is 6.74. The molecular formula is C30H29Cl3FN3O4. The van der Waals surface area contributed by atoms with Gasteiger partial charge in [0.2, 0.25) is 11.8 Å². The van der Waals surface area contributed by atoms with E-state index in [0.29, 0.717) is 32.6 Å². The van der Waals surface area contributed by atoms with Crippen molar-refractivity contribution in [2.75, 3.05) is 19.4 Å². The van der Waals surface area contributed by atoms with E-state index in [-0.39, 0.29) is 29.3 Å². The number of ether oxygens (including phenoxy) is 1. The smallest absolute Gasteiger partial charge is 0.265 e. The lowest BCUT2D eigenvalue weighted by molar-refractivity contribution is -0.142. The Morgan fingerprint density at radius 3 is 2.15 bits per heavy atom. The number of hydrogen-bond donors (Lipinski definition) is 2. The minimum atomic E-state index is -1.25. The van der Waals surface area contributed by atoms with Crippen LogP contribution in [0.25, 0.3) is 0 Å². The SMILES string of the molecule is CN(C)C(=O)C(C)(C)Oc1ccc(Cl)cc1C1CC(=O)Nc2cc(Cl)ccc2C(c2cc(Cl)ccc2F)NC(=O)C1. The molecule has 1 aliphatic rings. The van der Waals surface area contributed by atoms with Crippen LogP contribution >= 0.6 is 34.8 Å². The molecule has 2 N–H and O–H groups in total. The number of fused-ring (bicyclic) bond motifs is 1. The fourth-order valence-electron chi connectivity index (χ4n) is 4.90. The lowest BCUT2D eigenvalue weighted by atomic mass is 9.89. The van der Waals surface area contributed by atoms with E-state index < -0.39 is 35.2 Å². The Bertz CT molecular complexity index is 1510.